The van der Waals surface area contributed by atoms with E-state index in [1.807, 2.05) is 20.8 Å². The fourth-order valence-electron chi connectivity index (χ4n) is 4.82. The van der Waals surface area contributed by atoms with Gasteiger partial charge in [-0.1, -0.05) is 44.2 Å². The highest BCUT2D eigenvalue weighted by atomic mass is 16.6. The van der Waals surface area contributed by atoms with Crippen LogP contribution in [0.25, 0.3) is 0 Å². The maximum absolute atomic E-state index is 12.8. The smallest absolute Gasteiger partial charge is 0.311 e. The Hall–Kier alpha value is -1.88. The Morgan fingerprint density at radius 3 is 2.73 bits per heavy atom. The number of allylic oxidation sites excluding steroid dienone is 3. The van der Waals surface area contributed by atoms with Gasteiger partial charge in [0.1, 0.15) is 12.2 Å². The van der Waals surface area contributed by atoms with Gasteiger partial charge >= 0.3 is 11.9 Å². The Bertz CT molecular complexity index is 747. The van der Waals surface area contributed by atoms with Crippen LogP contribution in [0.4, 0.5) is 0 Å². The normalized spacial score (nSPS) is 34.1. The molecule has 30 heavy (non-hydrogen) atoms. The molecule has 0 bridgehead atoms. The number of fused-ring (bicyclic) bond motifs is 1. The fourth-order valence-corrected chi connectivity index (χ4v) is 4.82. The number of carbonyl (C=O) groups excluding carboxylic acids is 2. The molecular weight excluding hydrogens is 380 g/mol. The minimum Gasteiger partial charge on any atom is -0.462 e. The highest BCUT2D eigenvalue weighted by Crippen LogP contribution is 2.45. The summed E-state index contributed by atoms with van der Waals surface area (Å²) >= 11 is 0. The van der Waals surface area contributed by atoms with E-state index in [0.717, 1.165) is 18.4 Å². The molecule has 5 nitrogen and oxygen atoms in total. The van der Waals surface area contributed by atoms with E-state index >= 15 is 0 Å². The Labute approximate surface area is 180 Å². The summed E-state index contributed by atoms with van der Waals surface area (Å²) in [6.45, 7) is 12.2. The molecule has 0 spiro atoms. The summed E-state index contributed by atoms with van der Waals surface area (Å²) in [5.41, 5.74) is 1.64. The molecule has 1 N–H and O–H groups in total. The molecule has 3 aliphatic rings. The van der Waals surface area contributed by atoms with Crippen LogP contribution < -0.4 is 0 Å². The number of hydrogen-bond acceptors (Lipinski definition) is 5. The van der Waals surface area contributed by atoms with Crippen molar-refractivity contribution in [3.05, 3.63) is 36.0 Å². The number of carbonyl (C=O) groups is 2. The minimum atomic E-state index is -0.613. The summed E-state index contributed by atoms with van der Waals surface area (Å²) in [5, 5.41) is 9.91. The first-order chi connectivity index (χ1) is 14.1. The molecule has 0 aromatic rings. The van der Waals surface area contributed by atoms with Crippen molar-refractivity contribution in [3.8, 4) is 0 Å². The second-order valence-electron chi connectivity index (χ2n) is 9.88. The Morgan fingerprint density at radius 1 is 1.33 bits per heavy atom. The van der Waals surface area contributed by atoms with Crippen molar-refractivity contribution in [2.75, 3.05) is 0 Å². The van der Waals surface area contributed by atoms with Crippen LogP contribution >= 0.6 is 0 Å². The van der Waals surface area contributed by atoms with Gasteiger partial charge < -0.3 is 14.6 Å². The standard InChI is InChI=1S/C25H36O5/c1-6-25(4,5)24(28)30-21-12-15(2)11-17-8-7-16(3)20(23(17)21)10-9-19-13-18(26)14-22(27)29-19/h7-8,11,16,18-21,23,26H,2,6,9-10,12-14H2,1,3-5H3/t16-,18+,19-,20-,21-,23+/m0/s1. The molecule has 166 valence electrons. The molecular formula is C25H36O5. The molecule has 0 aromatic heterocycles. The summed E-state index contributed by atoms with van der Waals surface area (Å²) in [6, 6.07) is 0. The zero-order valence-electron chi connectivity index (χ0n) is 18.7. The number of aliphatic hydroxyl groups excluding tert-OH is 1. The Morgan fingerprint density at radius 2 is 2.07 bits per heavy atom. The van der Waals surface area contributed by atoms with Gasteiger partial charge in [-0.2, -0.15) is 0 Å². The number of rotatable bonds is 6. The number of ether oxygens (including phenoxy) is 2. The molecule has 0 aromatic carbocycles. The first-order valence-corrected chi connectivity index (χ1v) is 11.3. The summed E-state index contributed by atoms with van der Waals surface area (Å²) < 4.78 is 11.5. The highest BCUT2D eigenvalue weighted by molar-refractivity contribution is 5.76. The molecule has 5 heteroatoms. The lowest BCUT2D eigenvalue weighted by atomic mass is 9.66. The monoisotopic (exact) mass is 416 g/mol. The third-order valence-corrected chi connectivity index (χ3v) is 7.10. The second kappa shape index (κ2) is 9.09. The zero-order valence-corrected chi connectivity index (χ0v) is 18.7. The largest absolute Gasteiger partial charge is 0.462 e. The van der Waals surface area contributed by atoms with Crippen LogP contribution in [0.15, 0.2) is 36.0 Å². The van der Waals surface area contributed by atoms with Gasteiger partial charge in [-0.15, -0.1) is 0 Å². The predicted molar refractivity (Wildman–Crippen MR) is 115 cm³/mol. The van der Waals surface area contributed by atoms with Gasteiger partial charge in [0.05, 0.1) is 17.9 Å². The van der Waals surface area contributed by atoms with Crippen LogP contribution in [0, 0.1) is 23.2 Å². The van der Waals surface area contributed by atoms with Gasteiger partial charge in [-0.25, -0.2) is 0 Å². The number of esters is 2. The van der Waals surface area contributed by atoms with Crippen LogP contribution in [-0.2, 0) is 19.1 Å². The van der Waals surface area contributed by atoms with Gasteiger partial charge in [0.15, 0.2) is 0 Å². The van der Waals surface area contributed by atoms with Gasteiger partial charge in [-0.3, -0.25) is 9.59 Å². The maximum Gasteiger partial charge on any atom is 0.311 e. The van der Waals surface area contributed by atoms with Gasteiger partial charge in [0.25, 0.3) is 0 Å². The first-order valence-electron chi connectivity index (χ1n) is 11.3. The molecule has 0 amide bonds. The third-order valence-electron chi connectivity index (χ3n) is 7.10. The van der Waals surface area contributed by atoms with E-state index in [4.69, 9.17) is 9.47 Å². The predicted octanol–water partition coefficient (Wildman–Crippen LogP) is 4.51. The third kappa shape index (κ3) is 5.05. The number of aliphatic hydroxyl groups is 1. The van der Waals surface area contributed by atoms with Crippen molar-refractivity contribution in [2.45, 2.75) is 84.5 Å². The van der Waals surface area contributed by atoms with E-state index in [1.165, 1.54) is 5.57 Å². The summed E-state index contributed by atoms with van der Waals surface area (Å²) in [5.74, 6) is 0.224. The van der Waals surface area contributed by atoms with E-state index < -0.39 is 11.5 Å². The molecule has 1 aliphatic heterocycles. The molecule has 0 radical (unpaired) electrons. The van der Waals surface area contributed by atoms with Gasteiger partial charge in [-0.05, 0) is 50.5 Å². The van der Waals surface area contributed by atoms with Crippen LogP contribution in [-0.4, -0.2) is 35.4 Å². The van der Waals surface area contributed by atoms with Gasteiger partial charge in [0, 0.05) is 18.8 Å². The van der Waals surface area contributed by atoms with Crippen molar-refractivity contribution >= 4 is 11.9 Å². The van der Waals surface area contributed by atoms with Crippen molar-refractivity contribution in [1.29, 1.82) is 0 Å². The molecule has 1 saturated heterocycles. The lowest BCUT2D eigenvalue weighted by Gasteiger charge is -2.43. The van der Waals surface area contributed by atoms with E-state index in [2.05, 4.69) is 31.7 Å². The lowest BCUT2D eigenvalue weighted by molar-refractivity contribution is -0.165. The summed E-state index contributed by atoms with van der Waals surface area (Å²) in [6.07, 6.45) is 8.89. The van der Waals surface area contributed by atoms with Crippen molar-refractivity contribution in [2.24, 2.45) is 23.2 Å². The molecule has 3 rings (SSSR count). The molecule has 6 atom stereocenters. The average Bonchev–Trinajstić information content (AvgIpc) is 2.66. The minimum absolute atomic E-state index is 0.0852. The SMILES string of the molecule is C=C1C=C2C=C[C@H](C)[C@H](CC[C@H]3C[C@@H](O)CC(=O)O3)[C@@H]2[C@@H](OC(=O)C(C)(C)CC)C1. The van der Waals surface area contributed by atoms with E-state index in [1.54, 1.807) is 0 Å². The molecule has 1 fully saturated rings. The Kier molecular flexibility index (Phi) is 6.91. The quantitative estimate of drug-likeness (QED) is 0.645. The molecule has 2 aliphatic carbocycles. The van der Waals surface area contributed by atoms with Crippen LogP contribution in [0.5, 0.6) is 0 Å². The molecule has 1 heterocycles. The van der Waals surface area contributed by atoms with E-state index in [-0.39, 0.29) is 42.4 Å². The maximum atomic E-state index is 12.8. The fraction of sp³-hybridized carbons (Fsp3) is 0.680. The molecule has 0 unspecified atom stereocenters. The number of cyclic esters (lactones) is 1. The first kappa shape index (κ1) is 22.8. The Balaban J connectivity index is 1.77. The second-order valence-corrected chi connectivity index (χ2v) is 9.88. The topological polar surface area (TPSA) is 72.8 Å². The van der Waals surface area contributed by atoms with Crippen molar-refractivity contribution in [3.63, 3.8) is 0 Å². The van der Waals surface area contributed by atoms with Crippen LogP contribution in [0.3, 0.4) is 0 Å². The molecule has 0 saturated carbocycles. The van der Waals surface area contributed by atoms with Crippen LogP contribution in [0.1, 0.15) is 66.2 Å². The highest BCUT2D eigenvalue weighted by Gasteiger charge is 2.42. The summed E-state index contributed by atoms with van der Waals surface area (Å²) in [7, 11) is 0. The van der Waals surface area contributed by atoms with Crippen molar-refractivity contribution in [1.82, 2.24) is 0 Å². The van der Waals surface area contributed by atoms with Gasteiger partial charge in [0.2, 0.25) is 0 Å². The van der Waals surface area contributed by atoms with Crippen molar-refractivity contribution < 1.29 is 24.2 Å². The average molecular weight is 417 g/mol. The van der Waals surface area contributed by atoms with E-state index in [9.17, 15) is 14.7 Å². The van der Waals surface area contributed by atoms with E-state index in [0.29, 0.717) is 25.2 Å². The zero-order chi connectivity index (χ0) is 22.1. The lowest BCUT2D eigenvalue weighted by Crippen LogP contribution is -2.42. The van der Waals surface area contributed by atoms with Crippen LogP contribution in [0.2, 0.25) is 0 Å². The number of hydrogen-bond donors (Lipinski definition) is 1. The summed E-state index contributed by atoms with van der Waals surface area (Å²) in [4.78, 5) is 24.5.